The van der Waals surface area contributed by atoms with Gasteiger partial charge in [0.1, 0.15) is 5.82 Å². The summed E-state index contributed by atoms with van der Waals surface area (Å²) < 4.78 is 13.4. The number of hydrogen-bond donors (Lipinski definition) is 1. The zero-order valence-corrected chi connectivity index (χ0v) is 18.0. The van der Waals surface area contributed by atoms with E-state index in [1.54, 1.807) is 6.20 Å². The van der Waals surface area contributed by atoms with Crippen LogP contribution in [0.5, 0.6) is 11.5 Å². The maximum absolute atomic E-state index is 12.7. The van der Waals surface area contributed by atoms with E-state index >= 15 is 0 Å². The molecule has 0 unspecified atom stereocenters. The molecule has 158 valence electrons. The predicted molar refractivity (Wildman–Crippen MR) is 117 cm³/mol. The molecule has 0 bridgehead atoms. The van der Waals surface area contributed by atoms with Crippen LogP contribution in [-0.2, 0) is 6.54 Å². The number of aromatic nitrogens is 2. The molecule has 0 saturated heterocycles. The van der Waals surface area contributed by atoms with Crippen LogP contribution in [0.1, 0.15) is 54.1 Å². The number of benzene rings is 2. The van der Waals surface area contributed by atoms with Crippen molar-refractivity contribution < 1.29 is 14.3 Å². The summed E-state index contributed by atoms with van der Waals surface area (Å²) in [6, 6.07) is 13.3. The van der Waals surface area contributed by atoms with E-state index in [2.05, 4.69) is 14.9 Å². The van der Waals surface area contributed by atoms with Crippen LogP contribution < -0.4 is 14.8 Å². The van der Waals surface area contributed by atoms with E-state index < -0.39 is 0 Å². The third kappa shape index (κ3) is 5.20. The Balaban J connectivity index is 1.66. The summed E-state index contributed by atoms with van der Waals surface area (Å²) in [5, 5.41) is 3.06. The number of ether oxygens (including phenoxy) is 2. The highest BCUT2D eigenvalue weighted by Crippen LogP contribution is 2.30. The molecular formula is C24H29N3O3. The van der Waals surface area contributed by atoms with Gasteiger partial charge in [-0.05, 0) is 63.1 Å². The van der Waals surface area contributed by atoms with Crippen molar-refractivity contribution in [2.75, 3.05) is 13.2 Å². The Morgan fingerprint density at radius 1 is 1.07 bits per heavy atom. The molecule has 2 aromatic carbocycles. The van der Waals surface area contributed by atoms with Crippen LogP contribution in [0, 0.1) is 6.92 Å². The van der Waals surface area contributed by atoms with Gasteiger partial charge < -0.3 is 19.4 Å². The number of nitrogens with one attached hydrogen (secondary N) is 1. The smallest absolute Gasteiger partial charge is 0.251 e. The van der Waals surface area contributed by atoms with Crippen molar-refractivity contribution in [2.45, 2.75) is 40.3 Å². The normalized spacial score (nSPS) is 11.7. The first-order chi connectivity index (χ1) is 14.5. The van der Waals surface area contributed by atoms with E-state index in [1.807, 2.05) is 76.4 Å². The SMILES string of the molecule is CCOc1ccc([C@H](C)NC(=O)c2ccc(Cn3ccnc3C)cc2)cc1OCC. The summed E-state index contributed by atoms with van der Waals surface area (Å²) in [6.07, 6.45) is 3.74. The number of hydrogen-bond acceptors (Lipinski definition) is 4. The van der Waals surface area contributed by atoms with Crippen molar-refractivity contribution in [1.82, 2.24) is 14.9 Å². The highest BCUT2D eigenvalue weighted by molar-refractivity contribution is 5.94. The Morgan fingerprint density at radius 2 is 1.77 bits per heavy atom. The fourth-order valence-electron chi connectivity index (χ4n) is 3.23. The van der Waals surface area contributed by atoms with Gasteiger partial charge in [0.2, 0.25) is 0 Å². The van der Waals surface area contributed by atoms with Crippen molar-refractivity contribution in [3.05, 3.63) is 77.4 Å². The number of nitrogens with zero attached hydrogens (tertiary/aromatic N) is 2. The minimum atomic E-state index is -0.166. The number of carbonyl (C=O) groups is 1. The molecule has 1 amide bonds. The first-order valence-electron chi connectivity index (χ1n) is 10.3. The molecule has 1 heterocycles. The summed E-state index contributed by atoms with van der Waals surface area (Å²) in [4.78, 5) is 16.9. The second-order valence-electron chi connectivity index (χ2n) is 7.07. The molecule has 0 fully saturated rings. The van der Waals surface area contributed by atoms with Crippen LogP contribution in [0.25, 0.3) is 0 Å². The molecule has 1 N–H and O–H groups in total. The average molecular weight is 408 g/mol. The van der Waals surface area contributed by atoms with Gasteiger partial charge in [0.05, 0.1) is 19.3 Å². The monoisotopic (exact) mass is 407 g/mol. The van der Waals surface area contributed by atoms with Gasteiger partial charge >= 0.3 is 0 Å². The van der Waals surface area contributed by atoms with E-state index in [-0.39, 0.29) is 11.9 Å². The van der Waals surface area contributed by atoms with Gasteiger partial charge in [0, 0.05) is 24.5 Å². The second-order valence-corrected chi connectivity index (χ2v) is 7.07. The maximum atomic E-state index is 12.7. The molecule has 6 heteroatoms. The lowest BCUT2D eigenvalue weighted by Gasteiger charge is -2.17. The van der Waals surface area contributed by atoms with Crippen molar-refractivity contribution in [2.24, 2.45) is 0 Å². The maximum Gasteiger partial charge on any atom is 0.251 e. The molecule has 6 nitrogen and oxygen atoms in total. The zero-order valence-electron chi connectivity index (χ0n) is 18.0. The lowest BCUT2D eigenvalue weighted by atomic mass is 10.1. The fourth-order valence-corrected chi connectivity index (χ4v) is 3.23. The average Bonchev–Trinajstić information content (AvgIpc) is 3.14. The molecule has 0 aliphatic rings. The molecule has 0 spiro atoms. The summed E-state index contributed by atoms with van der Waals surface area (Å²) in [6.45, 7) is 9.66. The molecule has 3 aromatic rings. The summed E-state index contributed by atoms with van der Waals surface area (Å²) in [5.74, 6) is 2.26. The fraction of sp³-hybridized carbons (Fsp3) is 0.333. The third-order valence-electron chi connectivity index (χ3n) is 4.91. The van der Waals surface area contributed by atoms with Crippen molar-refractivity contribution in [3.8, 4) is 11.5 Å². The van der Waals surface area contributed by atoms with Crippen LogP contribution in [0.3, 0.4) is 0 Å². The Labute approximate surface area is 177 Å². The van der Waals surface area contributed by atoms with Crippen LogP contribution in [0.4, 0.5) is 0 Å². The van der Waals surface area contributed by atoms with E-state index in [1.165, 1.54) is 0 Å². The molecule has 30 heavy (non-hydrogen) atoms. The lowest BCUT2D eigenvalue weighted by Crippen LogP contribution is -2.26. The molecule has 0 aliphatic carbocycles. The molecule has 1 atom stereocenters. The molecule has 0 aliphatic heterocycles. The van der Waals surface area contributed by atoms with Crippen LogP contribution in [0.2, 0.25) is 0 Å². The van der Waals surface area contributed by atoms with E-state index in [4.69, 9.17) is 9.47 Å². The quantitative estimate of drug-likeness (QED) is 0.566. The minimum absolute atomic E-state index is 0.111. The van der Waals surface area contributed by atoms with Gasteiger partial charge in [0.25, 0.3) is 5.91 Å². The van der Waals surface area contributed by atoms with E-state index in [9.17, 15) is 4.79 Å². The molecular weight excluding hydrogens is 378 g/mol. The third-order valence-corrected chi connectivity index (χ3v) is 4.91. The lowest BCUT2D eigenvalue weighted by molar-refractivity contribution is 0.0940. The number of aryl methyl sites for hydroxylation is 1. The minimum Gasteiger partial charge on any atom is -0.490 e. The summed E-state index contributed by atoms with van der Waals surface area (Å²) in [5.41, 5.74) is 2.71. The van der Waals surface area contributed by atoms with Gasteiger partial charge in [-0.2, -0.15) is 0 Å². The Kier molecular flexibility index (Phi) is 7.12. The van der Waals surface area contributed by atoms with Crippen molar-refractivity contribution >= 4 is 5.91 Å². The first kappa shape index (κ1) is 21.4. The largest absolute Gasteiger partial charge is 0.490 e. The van der Waals surface area contributed by atoms with Gasteiger partial charge in [0.15, 0.2) is 11.5 Å². The Morgan fingerprint density at radius 3 is 2.40 bits per heavy atom. The highest BCUT2D eigenvalue weighted by Gasteiger charge is 2.14. The van der Waals surface area contributed by atoms with Gasteiger partial charge in [-0.3, -0.25) is 4.79 Å². The van der Waals surface area contributed by atoms with Crippen molar-refractivity contribution in [3.63, 3.8) is 0 Å². The van der Waals surface area contributed by atoms with Crippen LogP contribution in [0.15, 0.2) is 54.9 Å². The standard InChI is InChI=1S/C24H29N3O3/c1-5-29-22-12-11-21(15-23(22)30-6-2)17(3)26-24(28)20-9-7-19(8-10-20)16-27-14-13-25-18(27)4/h7-15,17H,5-6,16H2,1-4H3,(H,26,28)/t17-/m0/s1. The topological polar surface area (TPSA) is 65.4 Å². The Bertz CT molecular complexity index is 980. The number of amides is 1. The first-order valence-corrected chi connectivity index (χ1v) is 10.3. The number of imidazole rings is 1. The highest BCUT2D eigenvalue weighted by atomic mass is 16.5. The van der Waals surface area contributed by atoms with Gasteiger partial charge in [-0.1, -0.05) is 18.2 Å². The van der Waals surface area contributed by atoms with Crippen molar-refractivity contribution in [1.29, 1.82) is 0 Å². The van der Waals surface area contributed by atoms with Gasteiger partial charge in [-0.15, -0.1) is 0 Å². The molecule has 0 saturated carbocycles. The van der Waals surface area contributed by atoms with E-state index in [0.29, 0.717) is 30.3 Å². The molecule has 0 radical (unpaired) electrons. The molecule has 1 aromatic heterocycles. The Hall–Kier alpha value is -3.28. The summed E-state index contributed by atoms with van der Waals surface area (Å²) in [7, 11) is 0. The number of rotatable bonds is 9. The zero-order chi connectivity index (χ0) is 21.5. The van der Waals surface area contributed by atoms with Crippen LogP contribution in [-0.4, -0.2) is 28.7 Å². The number of carbonyl (C=O) groups excluding carboxylic acids is 1. The second kappa shape index (κ2) is 9.96. The van der Waals surface area contributed by atoms with Gasteiger partial charge in [-0.25, -0.2) is 4.98 Å². The summed E-state index contributed by atoms with van der Waals surface area (Å²) >= 11 is 0. The molecule has 3 rings (SSSR count). The predicted octanol–water partition coefficient (Wildman–Crippen LogP) is 4.53. The van der Waals surface area contributed by atoms with Crippen LogP contribution >= 0.6 is 0 Å². The van der Waals surface area contributed by atoms with E-state index in [0.717, 1.165) is 23.5 Å².